The zero-order valence-corrected chi connectivity index (χ0v) is 16.8. The molecule has 0 saturated carbocycles. The molecule has 6 heteroatoms. The molecular weight excluding hydrogens is 376 g/mol. The summed E-state index contributed by atoms with van der Waals surface area (Å²) in [4.78, 5) is 4.49. The molecule has 148 valence electrons. The highest BCUT2D eigenvalue weighted by atomic mass is 32.1. The van der Waals surface area contributed by atoms with Gasteiger partial charge in [-0.1, -0.05) is 36.4 Å². The third-order valence-corrected chi connectivity index (χ3v) is 5.28. The predicted octanol–water partition coefficient (Wildman–Crippen LogP) is 4.12. The molecule has 1 heterocycles. The van der Waals surface area contributed by atoms with Crippen LogP contribution >= 0.6 is 12.2 Å². The number of hydrogen-bond donors (Lipinski definition) is 1. The smallest absolute Gasteiger partial charge is 0.169 e. The monoisotopic (exact) mass is 401 g/mol. The van der Waals surface area contributed by atoms with Crippen LogP contribution in [0, 0.1) is 11.6 Å². The summed E-state index contributed by atoms with van der Waals surface area (Å²) in [7, 11) is 0. The van der Waals surface area contributed by atoms with Crippen molar-refractivity contribution in [2.24, 2.45) is 0 Å². The molecule has 1 N–H and O–H groups in total. The van der Waals surface area contributed by atoms with Crippen molar-refractivity contribution in [3.8, 4) is 0 Å². The standard InChI is InChI=1S/C22H25F2N3S/c1-16(2)15-25-22(28)27-13-11-26(12-14-27)21(17-3-7-19(23)8-4-17)18-5-9-20(24)10-6-18/h3-10,21H,1,11-15H2,2H3,(H,25,28). The van der Waals surface area contributed by atoms with Gasteiger partial charge in [-0.25, -0.2) is 8.78 Å². The van der Waals surface area contributed by atoms with E-state index in [4.69, 9.17) is 12.2 Å². The van der Waals surface area contributed by atoms with Crippen LogP contribution in [-0.4, -0.2) is 47.6 Å². The van der Waals surface area contributed by atoms with E-state index in [0.29, 0.717) is 6.54 Å². The highest BCUT2D eigenvalue weighted by Gasteiger charge is 2.27. The lowest BCUT2D eigenvalue weighted by Gasteiger charge is -2.40. The summed E-state index contributed by atoms with van der Waals surface area (Å²) in [5.74, 6) is -0.527. The van der Waals surface area contributed by atoms with Crippen molar-refractivity contribution in [1.82, 2.24) is 15.1 Å². The largest absolute Gasteiger partial charge is 0.359 e. The van der Waals surface area contributed by atoms with Gasteiger partial charge in [0.25, 0.3) is 0 Å². The second-order valence-electron chi connectivity index (χ2n) is 7.14. The minimum Gasteiger partial charge on any atom is -0.359 e. The first-order valence-corrected chi connectivity index (χ1v) is 9.77. The average molecular weight is 402 g/mol. The predicted molar refractivity (Wildman–Crippen MR) is 113 cm³/mol. The van der Waals surface area contributed by atoms with Gasteiger partial charge in [0.2, 0.25) is 0 Å². The topological polar surface area (TPSA) is 18.5 Å². The first-order chi connectivity index (χ1) is 13.4. The second-order valence-corrected chi connectivity index (χ2v) is 7.53. The number of rotatable bonds is 5. The maximum absolute atomic E-state index is 13.4. The fraction of sp³-hybridized carbons (Fsp3) is 0.318. The van der Waals surface area contributed by atoms with E-state index in [-0.39, 0.29) is 17.7 Å². The summed E-state index contributed by atoms with van der Waals surface area (Å²) in [6.07, 6.45) is 0. The summed E-state index contributed by atoms with van der Waals surface area (Å²) >= 11 is 5.48. The van der Waals surface area contributed by atoms with Gasteiger partial charge in [-0.2, -0.15) is 0 Å². The molecule has 1 aliphatic rings. The number of nitrogens with one attached hydrogen (secondary N) is 1. The zero-order valence-electron chi connectivity index (χ0n) is 16.0. The summed E-state index contributed by atoms with van der Waals surface area (Å²) in [6, 6.07) is 13.0. The Balaban J connectivity index is 1.75. The van der Waals surface area contributed by atoms with E-state index in [0.717, 1.165) is 48.0 Å². The average Bonchev–Trinajstić information content (AvgIpc) is 2.70. The van der Waals surface area contributed by atoms with Crippen LogP contribution in [0.25, 0.3) is 0 Å². The number of hydrogen-bond acceptors (Lipinski definition) is 2. The first-order valence-electron chi connectivity index (χ1n) is 9.36. The van der Waals surface area contributed by atoms with E-state index in [1.807, 2.05) is 6.92 Å². The molecule has 3 rings (SSSR count). The Morgan fingerprint density at radius 3 is 1.86 bits per heavy atom. The summed E-state index contributed by atoms with van der Waals surface area (Å²) in [5.41, 5.74) is 3.02. The highest BCUT2D eigenvalue weighted by Crippen LogP contribution is 2.30. The van der Waals surface area contributed by atoms with Gasteiger partial charge < -0.3 is 10.2 Å². The van der Waals surface area contributed by atoms with Crippen molar-refractivity contribution < 1.29 is 8.78 Å². The van der Waals surface area contributed by atoms with Gasteiger partial charge in [-0.05, 0) is 54.5 Å². The van der Waals surface area contributed by atoms with Crippen LogP contribution in [0.4, 0.5) is 8.78 Å². The Labute approximate surface area is 170 Å². The number of halogens is 2. The third kappa shape index (κ3) is 5.14. The maximum Gasteiger partial charge on any atom is 0.169 e. The van der Waals surface area contributed by atoms with Crippen LogP contribution in [0.2, 0.25) is 0 Å². The van der Waals surface area contributed by atoms with Crippen LogP contribution in [-0.2, 0) is 0 Å². The van der Waals surface area contributed by atoms with Crippen LogP contribution in [0.15, 0.2) is 60.7 Å². The fourth-order valence-corrected chi connectivity index (χ4v) is 3.68. The van der Waals surface area contributed by atoms with Gasteiger partial charge >= 0.3 is 0 Å². The molecule has 28 heavy (non-hydrogen) atoms. The van der Waals surface area contributed by atoms with Crippen molar-refractivity contribution in [3.63, 3.8) is 0 Å². The van der Waals surface area contributed by atoms with Crippen molar-refractivity contribution in [3.05, 3.63) is 83.4 Å². The van der Waals surface area contributed by atoms with Crippen molar-refractivity contribution in [2.75, 3.05) is 32.7 Å². The minimum absolute atomic E-state index is 0.0553. The fourth-order valence-electron chi connectivity index (χ4n) is 3.43. The van der Waals surface area contributed by atoms with Gasteiger partial charge in [0.05, 0.1) is 6.04 Å². The Bertz CT molecular complexity index is 767. The molecule has 0 amide bonds. The van der Waals surface area contributed by atoms with Gasteiger partial charge in [-0.3, -0.25) is 4.90 Å². The van der Waals surface area contributed by atoms with E-state index in [1.165, 1.54) is 24.3 Å². The highest BCUT2D eigenvalue weighted by molar-refractivity contribution is 7.80. The van der Waals surface area contributed by atoms with Crippen molar-refractivity contribution >= 4 is 17.3 Å². The van der Waals surface area contributed by atoms with E-state index >= 15 is 0 Å². The van der Waals surface area contributed by atoms with Crippen molar-refractivity contribution in [1.29, 1.82) is 0 Å². The molecule has 1 fully saturated rings. The SMILES string of the molecule is C=C(C)CNC(=S)N1CCN(C(c2ccc(F)cc2)c2ccc(F)cc2)CC1. The summed E-state index contributed by atoms with van der Waals surface area (Å²) in [6.45, 7) is 9.70. The lowest BCUT2D eigenvalue weighted by atomic mass is 9.96. The molecule has 1 saturated heterocycles. The summed E-state index contributed by atoms with van der Waals surface area (Å²) in [5, 5.41) is 3.97. The lowest BCUT2D eigenvalue weighted by Crippen LogP contribution is -2.52. The van der Waals surface area contributed by atoms with Crippen LogP contribution in [0.1, 0.15) is 24.1 Å². The molecule has 0 aromatic heterocycles. The molecule has 0 spiro atoms. The minimum atomic E-state index is -0.264. The van der Waals surface area contributed by atoms with Crippen LogP contribution in [0.3, 0.4) is 0 Å². The van der Waals surface area contributed by atoms with E-state index in [9.17, 15) is 8.78 Å². The molecule has 2 aromatic rings. The first kappa shape index (κ1) is 20.4. The second kappa shape index (κ2) is 9.26. The Morgan fingerprint density at radius 2 is 1.43 bits per heavy atom. The number of thiocarbonyl (C=S) groups is 1. The number of piperazine rings is 1. The molecule has 0 aliphatic carbocycles. The quantitative estimate of drug-likeness (QED) is 0.600. The molecule has 0 atom stereocenters. The van der Waals surface area contributed by atoms with Crippen molar-refractivity contribution in [2.45, 2.75) is 13.0 Å². The molecule has 0 radical (unpaired) electrons. The normalized spacial score (nSPS) is 14.9. The Hall–Kier alpha value is -2.31. The molecule has 0 bridgehead atoms. The Morgan fingerprint density at radius 1 is 0.964 bits per heavy atom. The molecule has 3 nitrogen and oxygen atoms in total. The Kier molecular flexibility index (Phi) is 6.75. The summed E-state index contributed by atoms with van der Waals surface area (Å²) < 4.78 is 26.8. The lowest BCUT2D eigenvalue weighted by molar-refractivity contribution is 0.149. The molecule has 0 unspecified atom stereocenters. The maximum atomic E-state index is 13.4. The molecule has 1 aliphatic heterocycles. The van der Waals surface area contributed by atoms with Crippen LogP contribution < -0.4 is 5.32 Å². The van der Waals surface area contributed by atoms with Crippen LogP contribution in [0.5, 0.6) is 0 Å². The van der Waals surface area contributed by atoms with Gasteiger partial charge in [0.15, 0.2) is 5.11 Å². The molecule has 2 aromatic carbocycles. The number of benzene rings is 2. The van der Waals surface area contributed by atoms with E-state index < -0.39 is 0 Å². The van der Waals surface area contributed by atoms with E-state index in [1.54, 1.807) is 24.3 Å². The molecular formula is C22H25F2N3S. The number of nitrogens with zero attached hydrogens (tertiary/aromatic N) is 2. The van der Waals surface area contributed by atoms with Gasteiger partial charge in [0.1, 0.15) is 11.6 Å². The van der Waals surface area contributed by atoms with Gasteiger partial charge in [0, 0.05) is 32.7 Å². The van der Waals surface area contributed by atoms with E-state index in [2.05, 4.69) is 21.7 Å². The third-order valence-electron chi connectivity index (χ3n) is 4.88. The zero-order chi connectivity index (χ0) is 20.1. The van der Waals surface area contributed by atoms with Gasteiger partial charge in [-0.15, -0.1) is 0 Å².